The average molecular weight is 1410 g/mol. The fourth-order valence-electron chi connectivity index (χ4n) is 10.1. The molecule has 8 rings (SSSR count). The molecule has 8 aliphatic heterocycles. The van der Waals surface area contributed by atoms with Gasteiger partial charge in [-0.1, -0.05) is 33.9 Å². The van der Waals surface area contributed by atoms with Gasteiger partial charge in [0.25, 0.3) is 0 Å². The summed E-state index contributed by atoms with van der Waals surface area (Å²) < 4.78 is -2.03. The van der Waals surface area contributed by atoms with E-state index in [0.717, 1.165) is 0 Å². The molecule has 38 heteroatoms. The van der Waals surface area contributed by atoms with E-state index in [0.29, 0.717) is 0 Å². The molecule has 0 aromatic heterocycles. The van der Waals surface area contributed by atoms with Crippen LogP contribution in [-0.4, -0.2) is 320 Å². The lowest BCUT2D eigenvalue weighted by molar-refractivity contribution is -0.0268. The van der Waals surface area contributed by atoms with Gasteiger partial charge >= 0.3 is 0 Å². The van der Waals surface area contributed by atoms with Crippen molar-refractivity contribution >= 4 is 141 Å². The third-order valence-electron chi connectivity index (χ3n) is 13.7. The van der Waals surface area contributed by atoms with Gasteiger partial charge in [0.05, 0.1) is 172 Å². The Morgan fingerprint density at radius 3 is 0.644 bits per heavy atom. The van der Waals surface area contributed by atoms with Crippen LogP contribution in [0.3, 0.4) is 0 Å². The van der Waals surface area contributed by atoms with E-state index in [9.17, 15) is 81.7 Å². The van der Waals surface area contributed by atoms with Crippen molar-refractivity contribution in [1.29, 1.82) is 0 Å². The summed E-state index contributed by atoms with van der Waals surface area (Å²) in [6, 6.07) is -5.06. The van der Waals surface area contributed by atoms with Gasteiger partial charge in [0.1, 0.15) is 0 Å². The molecule has 73 heavy (non-hydrogen) atoms. The summed E-state index contributed by atoms with van der Waals surface area (Å²) in [6.45, 7) is -0.503. The van der Waals surface area contributed by atoms with Gasteiger partial charge in [0.15, 0.2) is 0 Å². The number of thiol groups is 1. The van der Waals surface area contributed by atoms with Gasteiger partial charge in [-0.15, -0.1) is 0 Å². The van der Waals surface area contributed by atoms with Crippen LogP contribution in [0.2, 0.25) is 0 Å². The van der Waals surface area contributed by atoms with Crippen molar-refractivity contribution in [2.45, 2.75) is 168 Å². The number of hydrogen-bond acceptors (Lipinski definition) is 32. The first-order valence-corrected chi connectivity index (χ1v) is 39.9. The van der Waals surface area contributed by atoms with Crippen LogP contribution in [0.1, 0.15) is 22.3 Å². The van der Waals surface area contributed by atoms with E-state index < -0.39 is 165 Å². The van der Waals surface area contributed by atoms with Crippen LogP contribution < -0.4 is 0 Å². The maximum absolute atomic E-state index is 9.58. The predicted molar refractivity (Wildman–Crippen MR) is 313 cm³/mol. The summed E-state index contributed by atoms with van der Waals surface area (Å²) in [7, 11) is 0. The van der Waals surface area contributed by atoms with E-state index >= 15 is 0 Å². The molecule has 0 amide bonds. The van der Waals surface area contributed by atoms with E-state index in [1.165, 1.54) is 0 Å². The molecule has 0 aliphatic carbocycles. The first-order valence-electron chi connectivity index (χ1n) is 20.8. The highest BCUT2D eigenvalue weighted by atomic mass is 127. The Morgan fingerprint density at radius 1 is 0.342 bits per heavy atom. The Labute approximate surface area is 479 Å². The van der Waals surface area contributed by atoms with Crippen molar-refractivity contribution in [3.63, 3.8) is 0 Å². The monoisotopic (exact) mass is 1410 g/mol. The number of fused-ring (bicyclic) bond motifs is 4. The highest BCUT2D eigenvalue weighted by Crippen LogP contribution is 2.37. The van der Waals surface area contributed by atoms with Gasteiger partial charge in [-0.2, -0.15) is 0 Å². The molecule has 438 valence electrons. The molecule has 8 heterocycles. The van der Waals surface area contributed by atoms with Crippen LogP contribution >= 0.6 is 32.9 Å². The molecular weight excluding hydrogens is 1340 g/mol. The SMILES string of the molecule is C.C.C.OCC1[C@@H](O)[C@H](O)[C@H]2[C@H](O)[C@@H](O)CN12.OCC1[C@@H](O)[C@H](O)[C@H]2[C@H](O)[C@@H](O)CN12.OC[C@@H]1[C@@H](O)[C@H](O)[C@H]2[C@H](O)[C@@H](O)CN21.OC[C@@H]1[C@@H](O)[C@H](O)[C@H]2[C@H](O)[C@@H](O)CN21.S=S(=S)(S)S(=S)(=S)S(=S)(=S)S(=S)(=S)I. The Morgan fingerprint density at radius 2 is 0.521 bits per heavy atom. The lowest BCUT2D eigenvalue weighted by Gasteiger charge is -2.22. The quantitative estimate of drug-likeness (QED) is 0.0487. The third-order valence-corrected chi connectivity index (χ3v) is 81.5. The molecule has 0 aromatic carbocycles. The highest BCUT2D eigenvalue weighted by Gasteiger charge is 2.59. The van der Waals surface area contributed by atoms with E-state index in [4.69, 9.17) is 110 Å². The number of aliphatic hydroxyl groups excluding tert-OH is 20. The molecular formula is C35H73IN4O20S13. The summed E-state index contributed by atoms with van der Waals surface area (Å²) in [4.78, 5) is 6.24. The molecule has 8 fully saturated rings. The summed E-state index contributed by atoms with van der Waals surface area (Å²) in [5.41, 5.74) is 0. The predicted octanol–water partition coefficient (Wildman–Crippen LogP) is -10.9. The van der Waals surface area contributed by atoms with E-state index in [-0.39, 0.29) is 74.9 Å². The molecule has 2 unspecified atom stereocenters. The Balaban J connectivity index is 0.000000452. The number of rotatable bonds is 7. The minimum absolute atomic E-state index is 0. The molecule has 0 radical (unpaired) electrons. The lowest BCUT2D eigenvalue weighted by Crippen LogP contribution is -2.41. The van der Waals surface area contributed by atoms with Crippen molar-refractivity contribution in [1.82, 2.24) is 19.6 Å². The van der Waals surface area contributed by atoms with Crippen LogP contribution in [0, 0.1) is 0 Å². The Kier molecular flexibility index (Phi) is 29.7. The number of aliphatic hydroxyl groups is 20. The van der Waals surface area contributed by atoms with Crippen LogP contribution in [0.5, 0.6) is 0 Å². The zero-order valence-corrected chi connectivity index (χ0v) is 48.8. The van der Waals surface area contributed by atoms with Crippen molar-refractivity contribution in [2.24, 2.45) is 0 Å². The van der Waals surface area contributed by atoms with Gasteiger partial charge < -0.3 is 102 Å². The second-order valence-corrected chi connectivity index (χ2v) is 66.4. The lowest BCUT2D eigenvalue weighted by atomic mass is 10.0. The fourth-order valence-corrected chi connectivity index (χ4v) is 69.1. The van der Waals surface area contributed by atoms with Gasteiger partial charge in [-0.3, -0.25) is 19.6 Å². The van der Waals surface area contributed by atoms with Gasteiger partial charge in [-0.05, 0) is 89.5 Å². The van der Waals surface area contributed by atoms with Crippen molar-refractivity contribution in [3.05, 3.63) is 0 Å². The first kappa shape index (κ1) is 74.3. The van der Waals surface area contributed by atoms with Crippen molar-refractivity contribution < 1.29 is 102 Å². The maximum Gasteiger partial charge on any atom is 0.0996 e. The van der Waals surface area contributed by atoms with Crippen LogP contribution in [0.25, 0.3) is 0 Å². The molecule has 0 saturated carbocycles. The van der Waals surface area contributed by atoms with Crippen molar-refractivity contribution in [3.8, 4) is 0 Å². The average Bonchev–Trinajstić information content (AvgIpc) is 4.11. The smallest absolute Gasteiger partial charge is 0.0996 e. The molecule has 0 spiro atoms. The number of nitrogens with zero attached hydrogens (tertiary/aromatic N) is 4. The van der Waals surface area contributed by atoms with E-state index in [1.54, 1.807) is 19.6 Å². The molecule has 8 saturated heterocycles. The Hall–Kier alpha value is 3.28. The Bertz CT molecular complexity index is 1990. The first-order chi connectivity index (χ1) is 32.0. The zero-order chi connectivity index (χ0) is 53.8. The molecule has 8 aliphatic rings. The van der Waals surface area contributed by atoms with Gasteiger partial charge in [0.2, 0.25) is 0 Å². The van der Waals surface area contributed by atoms with E-state index in [2.05, 4.69) is 11.7 Å². The molecule has 24 nitrogen and oxygen atoms in total. The van der Waals surface area contributed by atoms with E-state index in [1.807, 2.05) is 21.2 Å². The number of halogens is 1. The van der Waals surface area contributed by atoms with Crippen LogP contribution in [0.4, 0.5) is 0 Å². The standard InChI is InChI=1S/4C8H15NO5.3CH4.HIS13/c4*10-2-3-6(12)8(14)5-7(13)4(11)1-9(3)5;;;;1-11(2,3)13(7,8)14(9,10)12(4,5)6/h4*3-8,10-14H,1-2H2;3*1H4;(H,4,5,6)/t2*3?,4-,5+,6+,7+,8+;2*3-,4+,5-,6-,7-,8-;;;;/m0011..../s1. The van der Waals surface area contributed by atoms with Crippen LogP contribution in [-0.2, 0) is 108 Å². The number of hydrogen-bond donors (Lipinski definition) is 21. The summed E-state index contributed by atoms with van der Waals surface area (Å²) in [6.07, 6.45) is -16.6. The maximum atomic E-state index is 9.58. The molecule has 0 aromatic rings. The fraction of sp³-hybridized carbons (Fsp3) is 1.00. The van der Waals surface area contributed by atoms with Crippen LogP contribution in [0.15, 0.2) is 0 Å². The largest absolute Gasteiger partial charge is 0.395 e. The summed E-state index contributed by atoms with van der Waals surface area (Å²) >= 11 is 47.3. The second-order valence-electron chi connectivity index (χ2n) is 17.5. The highest BCUT2D eigenvalue weighted by molar-refractivity contribution is 14.2. The summed E-state index contributed by atoms with van der Waals surface area (Å²) in [5, 5.41) is 181. The zero-order valence-electron chi connectivity index (χ0n) is 36.0. The molecule has 24 atom stereocenters. The van der Waals surface area contributed by atoms with Gasteiger partial charge in [0, 0.05) is 66.4 Å². The second kappa shape index (κ2) is 29.2. The molecule has 20 N–H and O–H groups in total. The molecule has 0 bridgehead atoms. The van der Waals surface area contributed by atoms with Gasteiger partial charge in [-0.25, -0.2) is 0 Å². The minimum Gasteiger partial charge on any atom is -0.395 e. The normalized spacial score (nSPS) is 44.2. The van der Waals surface area contributed by atoms with Crippen molar-refractivity contribution in [2.75, 3.05) is 52.6 Å². The topological polar surface area (TPSA) is 418 Å². The minimum atomic E-state index is -2.36. The summed E-state index contributed by atoms with van der Waals surface area (Å²) in [5.74, 6) is 0. The third kappa shape index (κ3) is 14.6.